The van der Waals surface area contributed by atoms with Gasteiger partial charge in [0, 0.05) is 29.1 Å². The molecule has 2 aromatic carbocycles. The number of carbonyl (C=O) groups excluding carboxylic acids is 1. The monoisotopic (exact) mass is 532 g/mol. The van der Waals surface area contributed by atoms with Crippen molar-refractivity contribution < 1.29 is 31.9 Å². The van der Waals surface area contributed by atoms with Crippen LogP contribution in [0.4, 0.5) is 18.0 Å². The van der Waals surface area contributed by atoms with Crippen LogP contribution in [-0.4, -0.2) is 30.8 Å². The van der Waals surface area contributed by atoms with Crippen LogP contribution in [0.1, 0.15) is 55.4 Å². The Morgan fingerprint density at radius 1 is 1.11 bits per heavy atom. The fraction of sp³-hybridized carbons (Fsp3) is 0.429. The van der Waals surface area contributed by atoms with Gasteiger partial charge < -0.3 is 24.1 Å². The summed E-state index contributed by atoms with van der Waals surface area (Å²) in [4.78, 5) is 26.1. The first-order valence-corrected chi connectivity index (χ1v) is 12.6. The van der Waals surface area contributed by atoms with Crippen LogP contribution in [0.5, 0.6) is 5.75 Å². The molecular formula is C28H31F3N2O5. The molecule has 1 saturated heterocycles. The summed E-state index contributed by atoms with van der Waals surface area (Å²) in [7, 11) is 0. The maximum atomic E-state index is 13.5. The predicted octanol–water partition coefficient (Wildman–Crippen LogP) is 6.10. The van der Waals surface area contributed by atoms with Crippen molar-refractivity contribution in [2.75, 3.05) is 19.9 Å². The van der Waals surface area contributed by atoms with E-state index in [1.54, 1.807) is 4.90 Å². The van der Waals surface area contributed by atoms with Gasteiger partial charge in [-0.1, -0.05) is 43.2 Å². The number of hydrogen-bond donors (Lipinski definition) is 1. The summed E-state index contributed by atoms with van der Waals surface area (Å²) in [5, 5.41) is 2.76. The Morgan fingerprint density at radius 3 is 2.50 bits per heavy atom. The van der Waals surface area contributed by atoms with Crippen LogP contribution in [-0.2, 0) is 23.1 Å². The van der Waals surface area contributed by atoms with Crippen LogP contribution in [0.3, 0.4) is 0 Å². The fourth-order valence-electron chi connectivity index (χ4n) is 4.49. The molecule has 4 rings (SSSR count). The van der Waals surface area contributed by atoms with Crippen molar-refractivity contribution in [3.05, 3.63) is 75.1 Å². The SMILES string of the molecule is CCCc1c(OCCCCN2COC(C)(c3ccc(C)cc3)NC2=O)ccc2c(C(F)(F)F)cc(=O)oc12. The molecule has 0 saturated carbocycles. The Kier molecular flexibility index (Phi) is 8.01. The van der Waals surface area contributed by atoms with E-state index in [1.807, 2.05) is 45.0 Å². The van der Waals surface area contributed by atoms with E-state index in [9.17, 15) is 22.8 Å². The number of urea groups is 1. The quantitative estimate of drug-likeness (QED) is 0.266. The van der Waals surface area contributed by atoms with Crippen molar-refractivity contribution in [2.24, 2.45) is 0 Å². The molecule has 1 fully saturated rings. The maximum Gasteiger partial charge on any atom is 0.417 e. The van der Waals surface area contributed by atoms with Gasteiger partial charge in [-0.05, 0) is 45.2 Å². The van der Waals surface area contributed by atoms with Crippen LogP contribution in [0.2, 0.25) is 0 Å². The third kappa shape index (κ3) is 5.96. The van der Waals surface area contributed by atoms with Crippen molar-refractivity contribution in [3.8, 4) is 5.75 Å². The molecule has 0 bridgehead atoms. The highest BCUT2D eigenvalue weighted by molar-refractivity contribution is 5.85. The number of hydrogen-bond acceptors (Lipinski definition) is 5. The van der Waals surface area contributed by atoms with E-state index in [0.29, 0.717) is 49.6 Å². The standard InChI is InChI=1S/C28H31F3N2O5/c1-4-7-21-23(13-12-20-22(28(29,30)31)16-24(34)38-25(20)21)36-15-6-5-14-33-17-37-27(3,32-26(33)35)19-10-8-18(2)9-11-19/h8-13,16H,4-7,14-15,17H2,1-3H3,(H,32,35). The summed E-state index contributed by atoms with van der Waals surface area (Å²) in [5.41, 5.74) is -0.661. The first kappa shape index (κ1) is 27.5. The molecule has 38 heavy (non-hydrogen) atoms. The van der Waals surface area contributed by atoms with Gasteiger partial charge in [0.15, 0.2) is 5.72 Å². The smallest absolute Gasteiger partial charge is 0.417 e. The van der Waals surface area contributed by atoms with Crippen molar-refractivity contribution in [3.63, 3.8) is 0 Å². The third-order valence-electron chi connectivity index (χ3n) is 6.60. The molecule has 2 amide bonds. The minimum absolute atomic E-state index is 0.0945. The molecule has 1 aliphatic heterocycles. The zero-order valence-corrected chi connectivity index (χ0v) is 21.6. The Labute approximate surface area is 218 Å². The summed E-state index contributed by atoms with van der Waals surface area (Å²) in [6.07, 6.45) is -2.44. The van der Waals surface area contributed by atoms with Crippen molar-refractivity contribution in [1.29, 1.82) is 0 Å². The normalized spacial score (nSPS) is 18.1. The number of nitrogens with one attached hydrogen (secondary N) is 1. The lowest BCUT2D eigenvalue weighted by Gasteiger charge is -2.40. The van der Waals surface area contributed by atoms with Crippen molar-refractivity contribution in [1.82, 2.24) is 10.2 Å². The van der Waals surface area contributed by atoms with Gasteiger partial charge in [0.25, 0.3) is 0 Å². The summed E-state index contributed by atoms with van der Waals surface area (Å²) < 4.78 is 57.5. The number of ether oxygens (including phenoxy) is 2. The maximum absolute atomic E-state index is 13.5. The molecule has 3 aromatic rings. The van der Waals surface area contributed by atoms with Gasteiger partial charge >= 0.3 is 17.8 Å². The Morgan fingerprint density at radius 2 is 1.84 bits per heavy atom. The average Bonchev–Trinajstić information content (AvgIpc) is 2.85. The van der Waals surface area contributed by atoms with Gasteiger partial charge in [-0.2, -0.15) is 13.2 Å². The van der Waals surface area contributed by atoms with Crippen LogP contribution < -0.4 is 15.7 Å². The Hall–Kier alpha value is -3.53. The highest BCUT2D eigenvalue weighted by atomic mass is 19.4. The van der Waals surface area contributed by atoms with Gasteiger partial charge in [0.2, 0.25) is 0 Å². The first-order chi connectivity index (χ1) is 18.0. The van der Waals surface area contributed by atoms with Crippen molar-refractivity contribution in [2.45, 2.75) is 58.4 Å². The predicted molar refractivity (Wildman–Crippen MR) is 136 cm³/mol. The van der Waals surface area contributed by atoms with Crippen molar-refractivity contribution >= 4 is 17.0 Å². The Balaban J connectivity index is 1.35. The summed E-state index contributed by atoms with van der Waals surface area (Å²) in [6, 6.07) is 10.8. The lowest BCUT2D eigenvalue weighted by atomic mass is 10.0. The molecule has 1 aromatic heterocycles. The number of halogens is 3. The van der Waals surface area contributed by atoms with Gasteiger partial charge in [-0.15, -0.1) is 0 Å². The number of alkyl halides is 3. The molecule has 0 aliphatic carbocycles. The van der Waals surface area contributed by atoms with Crippen LogP contribution >= 0.6 is 0 Å². The minimum Gasteiger partial charge on any atom is -0.493 e. The zero-order chi connectivity index (χ0) is 27.5. The number of carbonyl (C=O) groups is 1. The molecule has 1 atom stereocenters. The highest BCUT2D eigenvalue weighted by Gasteiger charge is 2.37. The fourth-order valence-corrected chi connectivity index (χ4v) is 4.49. The van der Waals surface area contributed by atoms with E-state index in [2.05, 4.69) is 5.32 Å². The summed E-state index contributed by atoms with van der Waals surface area (Å²) in [5.74, 6) is 0.384. The molecule has 7 nitrogen and oxygen atoms in total. The number of aryl methyl sites for hydroxylation is 2. The number of rotatable bonds is 9. The number of amides is 2. The second-order valence-corrected chi connectivity index (χ2v) is 9.57. The number of benzene rings is 2. The number of unbranched alkanes of at least 4 members (excludes halogenated alkanes) is 1. The molecule has 204 valence electrons. The Bertz CT molecular complexity index is 1350. The van der Waals surface area contributed by atoms with E-state index in [-0.39, 0.29) is 30.3 Å². The molecule has 1 unspecified atom stereocenters. The largest absolute Gasteiger partial charge is 0.493 e. The van der Waals surface area contributed by atoms with Crippen LogP contribution in [0.15, 0.2) is 51.7 Å². The van der Waals surface area contributed by atoms with Gasteiger partial charge in [0.1, 0.15) is 18.1 Å². The topological polar surface area (TPSA) is 81.0 Å². The van der Waals surface area contributed by atoms with Crippen LogP contribution in [0.25, 0.3) is 11.0 Å². The molecular weight excluding hydrogens is 501 g/mol. The molecule has 1 aliphatic rings. The van der Waals surface area contributed by atoms with Gasteiger partial charge in [-0.3, -0.25) is 0 Å². The molecule has 0 radical (unpaired) electrons. The molecule has 2 heterocycles. The van der Waals surface area contributed by atoms with E-state index < -0.39 is 23.1 Å². The highest BCUT2D eigenvalue weighted by Crippen LogP contribution is 2.37. The lowest BCUT2D eigenvalue weighted by molar-refractivity contribution is -0.136. The number of fused-ring (bicyclic) bond motifs is 1. The van der Waals surface area contributed by atoms with E-state index in [1.165, 1.54) is 12.1 Å². The number of nitrogens with zero attached hydrogens (tertiary/aromatic N) is 1. The molecule has 10 heteroatoms. The van der Waals surface area contributed by atoms with Gasteiger partial charge in [-0.25, -0.2) is 9.59 Å². The van der Waals surface area contributed by atoms with E-state index >= 15 is 0 Å². The minimum atomic E-state index is -4.68. The second kappa shape index (κ2) is 11.1. The average molecular weight is 533 g/mol. The van der Waals surface area contributed by atoms with E-state index in [4.69, 9.17) is 13.9 Å². The van der Waals surface area contributed by atoms with E-state index in [0.717, 1.165) is 11.1 Å². The zero-order valence-electron chi connectivity index (χ0n) is 21.6. The second-order valence-electron chi connectivity index (χ2n) is 9.57. The molecule has 0 spiro atoms. The van der Waals surface area contributed by atoms with Gasteiger partial charge in [0.05, 0.1) is 12.2 Å². The first-order valence-electron chi connectivity index (χ1n) is 12.6. The summed E-state index contributed by atoms with van der Waals surface area (Å²) in [6.45, 7) is 6.56. The van der Waals surface area contributed by atoms with Crippen LogP contribution in [0, 0.1) is 6.92 Å². The summed E-state index contributed by atoms with van der Waals surface area (Å²) >= 11 is 0. The third-order valence-corrected chi connectivity index (χ3v) is 6.60. The lowest BCUT2D eigenvalue weighted by Crippen LogP contribution is -2.58. The molecule has 1 N–H and O–H groups in total.